The van der Waals surface area contributed by atoms with Gasteiger partial charge in [0.15, 0.2) is 0 Å². The van der Waals surface area contributed by atoms with Crippen LogP contribution in [0.25, 0.3) is 0 Å². The van der Waals surface area contributed by atoms with Crippen LogP contribution in [-0.4, -0.2) is 29.4 Å². The second-order valence-corrected chi connectivity index (χ2v) is 3.29. The number of carbonyl (C=O) groups is 1. The SMILES string of the molecule is C=COC(C)(CC(C)O)C(=O)OCC. The average Bonchev–Trinajstić information content (AvgIpc) is 2.03. The molecule has 4 nitrogen and oxygen atoms in total. The summed E-state index contributed by atoms with van der Waals surface area (Å²) in [4.78, 5) is 11.5. The molecule has 14 heavy (non-hydrogen) atoms. The molecule has 0 amide bonds. The van der Waals surface area contributed by atoms with E-state index in [-0.39, 0.29) is 13.0 Å². The number of carbonyl (C=O) groups excluding carboxylic acids is 1. The maximum Gasteiger partial charge on any atom is 0.350 e. The molecule has 0 aromatic carbocycles. The highest BCUT2D eigenvalue weighted by Gasteiger charge is 2.37. The molecule has 82 valence electrons. The molecule has 2 atom stereocenters. The zero-order valence-corrected chi connectivity index (χ0v) is 8.95. The van der Waals surface area contributed by atoms with Crippen molar-refractivity contribution in [3.63, 3.8) is 0 Å². The highest BCUT2D eigenvalue weighted by molar-refractivity contribution is 5.79. The molecule has 0 spiro atoms. The molecule has 0 saturated heterocycles. The quantitative estimate of drug-likeness (QED) is 0.520. The molecule has 4 heteroatoms. The van der Waals surface area contributed by atoms with Crippen molar-refractivity contribution in [2.45, 2.75) is 38.9 Å². The van der Waals surface area contributed by atoms with Gasteiger partial charge in [0.25, 0.3) is 0 Å². The molecule has 0 rings (SSSR count). The van der Waals surface area contributed by atoms with Crippen molar-refractivity contribution >= 4 is 5.97 Å². The van der Waals surface area contributed by atoms with Crippen molar-refractivity contribution in [2.75, 3.05) is 6.61 Å². The highest BCUT2D eigenvalue weighted by Crippen LogP contribution is 2.20. The average molecular weight is 202 g/mol. The molecule has 0 aromatic rings. The van der Waals surface area contributed by atoms with Crippen LogP contribution in [0, 0.1) is 0 Å². The van der Waals surface area contributed by atoms with Crippen LogP contribution in [0.2, 0.25) is 0 Å². The molecular formula is C10H18O4. The van der Waals surface area contributed by atoms with E-state index >= 15 is 0 Å². The number of aliphatic hydroxyl groups is 1. The second kappa shape index (κ2) is 5.65. The van der Waals surface area contributed by atoms with Crippen molar-refractivity contribution in [2.24, 2.45) is 0 Å². The van der Waals surface area contributed by atoms with Crippen molar-refractivity contribution < 1.29 is 19.4 Å². The summed E-state index contributed by atoms with van der Waals surface area (Å²) in [7, 11) is 0. The van der Waals surface area contributed by atoms with Gasteiger partial charge in [0, 0.05) is 6.42 Å². The predicted octanol–water partition coefficient (Wildman–Crippen LogP) is 1.24. The Morgan fingerprint density at radius 3 is 2.64 bits per heavy atom. The van der Waals surface area contributed by atoms with Gasteiger partial charge in [-0.1, -0.05) is 6.58 Å². The summed E-state index contributed by atoms with van der Waals surface area (Å²) in [5, 5.41) is 9.21. The minimum Gasteiger partial charge on any atom is -0.484 e. The third-order valence-electron chi connectivity index (χ3n) is 1.74. The molecule has 0 aliphatic rings. The van der Waals surface area contributed by atoms with E-state index < -0.39 is 17.7 Å². The Kier molecular flexibility index (Phi) is 5.23. The molecule has 0 fully saturated rings. The van der Waals surface area contributed by atoms with E-state index in [1.54, 1.807) is 20.8 Å². The maximum atomic E-state index is 11.5. The molecule has 0 bridgehead atoms. The van der Waals surface area contributed by atoms with Crippen molar-refractivity contribution in [1.29, 1.82) is 0 Å². The molecular weight excluding hydrogens is 184 g/mol. The summed E-state index contributed by atoms with van der Waals surface area (Å²) in [6.45, 7) is 8.54. The van der Waals surface area contributed by atoms with Crippen molar-refractivity contribution in [3.8, 4) is 0 Å². The Morgan fingerprint density at radius 1 is 1.71 bits per heavy atom. The van der Waals surface area contributed by atoms with Gasteiger partial charge < -0.3 is 14.6 Å². The number of esters is 1. The van der Waals surface area contributed by atoms with Crippen molar-refractivity contribution in [1.82, 2.24) is 0 Å². The Hall–Kier alpha value is -1.03. The smallest absolute Gasteiger partial charge is 0.350 e. The molecule has 0 aliphatic heterocycles. The van der Waals surface area contributed by atoms with Crippen LogP contribution in [0.1, 0.15) is 27.2 Å². The second-order valence-electron chi connectivity index (χ2n) is 3.29. The number of hydrogen-bond acceptors (Lipinski definition) is 4. The zero-order chi connectivity index (χ0) is 11.2. The van der Waals surface area contributed by atoms with Crippen LogP contribution in [0.4, 0.5) is 0 Å². The first-order chi connectivity index (χ1) is 6.46. The first-order valence-electron chi connectivity index (χ1n) is 4.60. The molecule has 0 aromatic heterocycles. The molecule has 2 unspecified atom stereocenters. The lowest BCUT2D eigenvalue weighted by atomic mass is 9.99. The first kappa shape index (κ1) is 13.0. The number of ether oxygens (including phenoxy) is 2. The summed E-state index contributed by atoms with van der Waals surface area (Å²) in [5.74, 6) is -0.485. The van der Waals surface area contributed by atoms with E-state index in [2.05, 4.69) is 6.58 Å². The fraction of sp³-hybridized carbons (Fsp3) is 0.700. The van der Waals surface area contributed by atoms with E-state index in [1.165, 1.54) is 6.26 Å². The van der Waals surface area contributed by atoms with E-state index in [0.29, 0.717) is 0 Å². The van der Waals surface area contributed by atoms with E-state index in [1.807, 2.05) is 0 Å². The summed E-state index contributed by atoms with van der Waals surface area (Å²) < 4.78 is 9.92. The number of hydrogen-bond donors (Lipinski definition) is 1. The summed E-state index contributed by atoms with van der Waals surface area (Å²) in [6, 6.07) is 0. The molecule has 0 radical (unpaired) electrons. The van der Waals surface area contributed by atoms with Crippen LogP contribution in [-0.2, 0) is 14.3 Å². The Labute approximate surface area is 84.5 Å². The Morgan fingerprint density at radius 2 is 2.29 bits per heavy atom. The van der Waals surface area contributed by atoms with Crippen LogP contribution >= 0.6 is 0 Å². The Bertz CT molecular complexity index is 200. The van der Waals surface area contributed by atoms with Crippen molar-refractivity contribution in [3.05, 3.63) is 12.8 Å². The fourth-order valence-electron chi connectivity index (χ4n) is 1.21. The van der Waals surface area contributed by atoms with Gasteiger partial charge in [-0.05, 0) is 20.8 Å². The lowest BCUT2D eigenvalue weighted by Crippen LogP contribution is -2.41. The van der Waals surface area contributed by atoms with Gasteiger partial charge in [0.2, 0.25) is 5.60 Å². The van der Waals surface area contributed by atoms with E-state index in [0.717, 1.165) is 0 Å². The van der Waals surface area contributed by atoms with Gasteiger partial charge in [-0.2, -0.15) is 0 Å². The van der Waals surface area contributed by atoms with Crippen LogP contribution in [0.5, 0.6) is 0 Å². The van der Waals surface area contributed by atoms with Crippen LogP contribution in [0.3, 0.4) is 0 Å². The van der Waals surface area contributed by atoms with Crippen LogP contribution < -0.4 is 0 Å². The molecule has 1 N–H and O–H groups in total. The summed E-state index contributed by atoms with van der Waals surface area (Å²) >= 11 is 0. The lowest BCUT2D eigenvalue weighted by molar-refractivity contribution is -0.166. The van der Waals surface area contributed by atoms with E-state index in [9.17, 15) is 9.90 Å². The third kappa shape index (κ3) is 3.79. The minimum absolute atomic E-state index is 0.178. The van der Waals surface area contributed by atoms with E-state index in [4.69, 9.17) is 9.47 Å². The largest absolute Gasteiger partial charge is 0.484 e. The van der Waals surface area contributed by atoms with Gasteiger partial charge in [-0.15, -0.1) is 0 Å². The molecule has 0 heterocycles. The minimum atomic E-state index is -1.15. The fourth-order valence-corrected chi connectivity index (χ4v) is 1.21. The monoisotopic (exact) mass is 202 g/mol. The van der Waals surface area contributed by atoms with Gasteiger partial charge >= 0.3 is 5.97 Å². The zero-order valence-electron chi connectivity index (χ0n) is 8.95. The van der Waals surface area contributed by atoms with Gasteiger partial charge in [-0.25, -0.2) is 4.79 Å². The Balaban J connectivity index is 4.51. The van der Waals surface area contributed by atoms with Gasteiger partial charge in [0.05, 0.1) is 19.0 Å². The highest BCUT2D eigenvalue weighted by atomic mass is 16.6. The normalized spacial score (nSPS) is 16.6. The number of aliphatic hydroxyl groups excluding tert-OH is 1. The van der Waals surface area contributed by atoms with Gasteiger partial charge in [0.1, 0.15) is 0 Å². The maximum absolute atomic E-state index is 11.5. The van der Waals surface area contributed by atoms with Crippen LogP contribution in [0.15, 0.2) is 12.8 Å². The third-order valence-corrected chi connectivity index (χ3v) is 1.74. The standard InChI is InChI=1S/C10H18O4/c1-5-13-9(12)10(4,14-6-2)7-8(3)11/h6,8,11H,2,5,7H2,1,3-4H3. The summed E-state index contributed by atoms with van der Waals surface area (Å²) in [5.41, 5.74) is -1.15. The molecule has 0 saturated carbocycles. The first-order valence-corrected chi connectivity index (χ1v) is 4.60. The van der Waals surface area contributed by atoms with Gasteiger partial charge in [-0.3, -0.25) is 0 Å². The topological polar surface area (TPSA) is 55.8 Å². The number of rotatable bonds is 6. The summed E-state index contributed by atoms with van der Waals surface area (Å²) in [6.07, 6.45) is 0.723. The molecule has 0 aliphatic carbocycles. The predicted molar refractivity (Wildman–Crippen MR) is 52.6 cm³/mol. The lowest BCUT2D eigenvalue weighted by Gasteiger charge is -2.27.